The molecule has 28 heavy (non-hydrogen) atoms. The molecule has 0 saturated carbocycles. The van der Waals surface area contributed by atoms with Crippen LogP contribution in [0.1, 0.15) is 143 Å². The van der Waals surface area contributed by atoms with Gasteiger partial charge in [0.05, 0.1) is 18.5 Å². The van der Waals surface area contributed by atoms with E-state index < -0.39 is 7.26 Å². The summed E-state index contributed by atoms with van der Waals surface area (Å²) < 4.78 is 0. The summed E-state index contributed by atoms with van der Waals surface area (Å²) in [6, 6.07) is 0. The highest BCUT2D eigenvalue weighted by Gasteiger charge is 2.40. The Hall–Kier alpha value is 0.390. The highest BCUT2D eigenvalue weighted by Crippen LogP contribution is 2.64. The molecule has 0 aromatic carbocycles. The van der Waals surface area contributed by atoms with Gasteiger partial charge in [0.25, 0.3) is 0 Å². The summed E-state index contributed by atoms with van der Waals surface area (Å²) in [5, 5.41) is 10.8. The van der Waals surface area contributed by atoms with E-state index in [0.29, 0.717) is 0 Å². The fourth-order valence-electron chi connectivity index (χ4n) is 4.52. The van der Waals surface area contributed by atoms with E-state index in [1.54, 1.807) is 0 Å². The molecule has 0 heterocycles. The van der Waals surface area contributed by atoms with Crippen molar-refractivity contribution in [1.29, 1.82) is 0 Å². The lowest BCUT2D eigenvalue weighted by atomic mass is 10.1. The molecule has 0 amide bonds. The SMILES string of the molecule is CCCCCCCC[P+](CCCCCCCC)(CCCCCCCC)C(C)O. The third-order valence-electron chi connectivity index (χ3n) is 6.66. The molecule has 2 heteroatoms. The summed E-state index contributed by atoms with van der Waals surface area (Å²) in [6.45, 7) is 9.03. The van der Waals surface area contributed by atoms with E-state index in [-0.39, 0.29) is 5.85 Å². The van der Waals surface area contributed by atoms with Crippen LogP contribution in [-0.2, 0) is 0 Å². The minimum atomic E-state index is -1.18. The highest BCUT2D eigenvalue weighted by atomic mass is 31.2. The van der Waals surface area contributed by atoms with Crippen LogP contribution in [0.4, 0.5) is 0 Å². The largest absolute Gasteiger partial charge is 0.360 e. The number of unbranched alkanes of at least 4 members (excludes halogenated alkanes) is 15. The first kappa shape index (κ1) is 28.4. The van der Waals surface area contributed by atoms with Crippen LogP contribution in [0.5, 0.6) is 0 Å². The van der Waals surface area contributed by atoms with Gasteiger partial charge in [-0.1, -0.05) is 97.8 Å². The van der Waals surface area contributed by atoms with Crippen LogP contribution in [0.2, 0.25) is 0 Å². The Morgan fingerprint density at radius 2 is 0.714 bits per heavy atom. The van der Waals surface area contributed by atoms with Gasteiger partial charge in [-0.25, -0.2) is 0 Å². The summed E-state index contributed by atoms with van der Waals surface area (Å²) in [5.74, 6) is -0.0329. The average Bonchev–Trinajstić information content (AvgIpc) is 2.69. The summed E-state index contributed by atoms with van der Waals surface area (Å²) in [7, 11) is -1.18. The van der Waals surface area contributed by atoms with Crippen LogP contribution in [-0.4, -0.2) is 29.4 Å². The molecule has 0 spiro atoms. The Bertz CT molecular complexity index is 262. The molecule has 0 bridgehead atoms. The number of aliphatic hydroxyl groups excluding tert-OH is 1. The van der Waals surface area contributed by atoms with Gasteiger partial charge in [-0.3, -0.25) is 0 Å². The summed E-state index contributed by atoms with van der Waals surface area (Å²) in [5.41, 5.74) is 0. The zero-order valence-electron chi connectivity index (χ0n) is 20.3. The van der Waals surface area contributed by atoms with Gasteiger partial charge in [-0.05, 0) is 45.4 Å². The first-order valence-corrected chi connectivity index (χ1v) is 15.6. The van der Waals surface area contributed by atoms with Crippen LogP contribution in [0.3, 0.4) is 0 Å². The van der Waals surface area contributed by atoms with Crippen molar-refractivity contribution in [3.05, 3.63) is 0 Å². The maximum Gasteiger partial charge on any atom is 0.161 e. The Morgan fingerprint density at radius 1 is 0.464 bits per heavy atom. The average molecular weight is 416 g/mol. The van der Waals surface area contributed by atoms with Gasteiger partial charge in [0.1, 0.15) is 0 Å². The Labute approximate surface area is 180 Å². The maximum atomic E-state index is 10.8. The van der Waals surface area contributed by atoms with Gasteiger partial charge in [-0.15, -0.1) is 0 Å². The molecule has 0 aromatic rings. The van der Waals surface area contributed by atoms with Gasteiger partial charge in [-0.2, -0.15) is 0 Å². The zero-order valence-corrected chi connectivity index (χ0v) is 21.2. The van der Waals surface area contributed by atoms with Crippen molar-refractivity contribution < 1.29 is 5.11 Å². The lowest BCUT2D eigenvalue weighted by Crippen LogP contribution is -2.20. The molecule has 0 rings (SSSR count). The van der Waals surface area contributed by atoms with Gasteiger partial charge in [0, 0.05) is 7.26 Å². The molecule has 0 radical (unpaired) electrons. The molecule has 0 aromatic heterocycles. The van der Waals surface area contributed by atoms with Crippen molar-refractivity contribution in [2.75, 3.05) is 18.5 Å². The minimum Gasteiger partial charge on any atom is -0.360 e. The van der Waals surface area contributed by atoms with Crippen molar-refractivity contribution >= 4 is 7.26 Å². The van der Waals surface area contributed by atoms with Crippen LogP contribution in [0.15, 0.2) is 0 Å². The lowest BCUT2D eigenvalue weighted by Gasteiger charge is -2.30. The van der Waals surface area contributed by atoms with E-state index in [2.05, 4.69) is 27.7 Å². The molecule has 1 atom stereocenters. The summed E-state index contributed by atoms with van der Waals surface area (Å²) in [4.78, 5) is 0. The second-order valence-electron chi connectivity index (χ2n) is 9.32. The number of aliphatic hydroxyl groups is 1. The molecule has 170 valence electrons. The summed E-state index contributed by atoms with van der Waals surface area (Å²) in [6.07, 6.45) is 29.0. The second-order valence-corrected chi connectivity index (χ2v) is 13.9. The fourth-order valence-corrected chi connectivity index (χ4v) is 8.87. The maximum absolute atomic E-state index is 10.8. The van der Waals surface area contributed by atoms with Gasteiger partial charge < -0.3 is 5.11 Å². The number of hydrogen-bond donors (Lipinski definition) is 1. The number of rotatable bonds is 22. The standard InChI is InChI=1S/C26H56OP/c1-5-8-11-14-17-20-23-28(26(4)27,24-21-18-15-12-9-6-2)25-22-19-16-13-10-7-3/h26-27H,5-25H2,1-4H3/q+1. The molecule has 0 aliphatic heterocycles. The number of hydrogen-bond acceptors (Lipinski definition) is 1. The van der Waals surface area contributed by atoms with Crippen molar-refractivity contribution in [3.8, 4) is 0 Å². The molecule has 1 unspecified atom stereocenters. The van der Waals surface area contributed by atoms with Gasteiger partial charge >= 0.3 is 0 Å². The van der Waals surface area contributed by atoms with Crippen LogP contribution in [0.25, 0.3) is 0 Å². The molecule has 1 nitrogen and oxygen atoms in total. The summed E-state index contributed by atoms with van der Waals surface area (Å²) >= 11 is 0. The van der Waals surface area contributed by atoms with Crippen molar-refractivity contribution in [2.24, 2.45) is 0 Å². The third-order valence-corrected chi connectivity index (χ3v) is 11.9. The topological polar surface area (TPSA) is 20.2 Å². The molecule has 0 fully saturated rings. The molecule has 0 saturated heterocycles. The third kappa shape index (κ3) is 15.3. The molecular weight excluding hydrogens is 359 g/mol. The zero-order chi connectivity index (χ0) is 20.9. The monoisotopic (exact) mass is 415 g/mol. The Balaban J connectivity index is 4.45. The van der Waals surface area contributed by atoms with Gasteiger partial charge in [0.2, 0.25) is 0 Å². The quantitative estimate of drug-likeness (QED) is 0.138. The van der Waals surface area contributed by atoms with Crippen LogP contribution in [0, 0.1) is 0 Å². The minimum absolute atomic E-state index is 0.0329. The Kier molecular flexibility index (Phi) is 20.9. The smallest absolute Gasteiger partial charge is 0.161 e. The fraction of sp³-hybridized carbons (Fsp3) is 1.00. The van der Waals surface area contributed by atoms with Crippen LogP contribution < -0.4 is 0 Å². The highest BCUT2D eigenvalue weighted by molar-refractivity contribution is 7.76. The predicted octanol–water partition coefficient (Wildman–Crippen LogP) is 9.42. The molecule has 0 aliphatic rings. The Morgan fingerprint density at radius 3 is 0.964 bits per heavy atom. The van der Waals surface area contributed by atoms with E-state index in [9.17, 15) is 5.11 Å². The van der Waals surface area contributed by atoms with Gasteiger partial charge in [0.15, 0.2) is 5.85 Å². The van der Waals surface area contributed by atoms with Crippen LogP contribution >= 0.6 is 7.26 Å². The van der Waals surface area contributed by atoms with Crippen molar-refractivity contribution in [1.82, 2.24) is 0 Å². The van der Waals surface area contributed by atoms with E-state index in [1.807, 2.05) is 0 Å². The predicted molar refractivity (Wildman–Crippen MR) is 133 cm³/mol. The van der Waals surface area contributed by atoms with E-state index >= 15 is 0 Å². The van der Waals surface area contributed by atoms with Crippen molar-refractivity contribution in [2.45, 2.75) is 149 Å². The van der Waals surface area contributed by atoms with Crippen molar-refractivity contribution in [3.63, 3.8) is 0 Å². The van der Waals surface area contributed by atoms with E-state index in [4.69, 9.17) is 0 Å². The normalized spacial score (nSPS) is 13.2. The lowest BCUT2D eigenvalue weighted by molar-refractivity contribution is 0.272. The van der Waals surface area contributed by atoms with E-state index in [0.717, 1.165) is 0 Å². The first-order chi connectivity index (χ1) is 13.6. The molecule has 0 aliphatic carbocycles. The second kappa shape index (κ2) is 20.7. The molecule has 1 N–H and O–H groups in total. The van der Waals surface area contributed by atoms with E-state index in [1.165, 1.54) is 134 Å². The molecular formula is C26H56OP+. The first-order valence-electron chi connectivity index (χ1n) is 13.2.